The van der Waals surface area contributed by atoms with Crippen molar-refractivity contribution >= 4 is 17.1 Å². The maximum atomic E-state index is 15.1. The van der Waals surface area contributed by atoms with E-state index in [4.69, 9.17) is 0 Å². The predicted molar refractivity (Wildman–Crippen MR) is 195 cm³/mol. The molecule has 5 aliphatic carbocycles. The Kier molecular flexibility index (Phi) is 6.31. The Balaban J connectivity index is 1.12. The fourth-order valence-corrected chi connectivity index (χ4v) is 10.6. The van der Waals surface area contributed by atoms with Gasteiger partial charge in [-0.05, 0) is 149 Å². The maximum absolute atomic E-state index is 15.1. The van der Waals surface area contributed by atoms with Crippen LogP contribution in [-0.2, 0) is 5.41 Å². The summed E-state index contributed by atoms with van der Waals surface area (Å²) in [5.74, 6) is 2.90. The monoisotopic (exact) mass is 623 g/mol. The highest BCUT2D eigenvalue weighted by atomic mass is 19.1. The van der Waals surface area contributed by atoms with Crippen LogP contribution in [0, 0.1) is 29.5 Å². The van der Waals surface area contributed by atoms with Gasteiger partial charge in [0.15, 0.2) is 0 Å². The van der Waals surface area contributed by atoms with Crippen LogP contribution in [0.15, 0.2) is 146 Å². The van der Waals surface area contributed by atoms with Crippen LogP contribution in [0.5, 0.6) is 0 Å². The van der Waals surface area contributed by atoms with Gasteiger partial charge in [0, 0.05) is 22.5 Å². The fraction of sp³-hybridized carbons (Fsp3) is 0.217. The van der Waals surface area contributed by atoms with E-state index in [2.05, 4.69) is 138 Å². The number of anilines is 3. The van der Waals surface area contributed by atoms with Gasteiger partial charge in [0.25, 0.3) is 0 Å². The minimum atomic E-state index is -0.143. The molecule has 0 unspecified atom stereocenters. The number of hydrogen-bond donors (Lipinski definition) is 0. The molecule has 1 spiro atoms. The quantitative estimate of drug-likeness (QED) is 0.185. The third kappa shape index (κ3) is 4.21. The lowest BCUT2D eigenvalue weighted by atomic mass is 9.43. The average Bonchev–Trinajstić information content (AvgIpc) is 3.41. The third-order valence-corrected chi connectivity index (χ3v) is 12.3. The van der Waals surface area contributed by atoms with Crippen LogP contribution in [0.2, 0.25) is 0 Å². The smallest absolute Gasteiger partial charge is 0.123 e. The van der Waals surface area contributed by atoms with Crippen molar-refractivity contribution in [1.82, 2.24) is 0 Å². The van der Waals surface area contributed by atoms with Crippen LogP contribution in [-0.4, -0.2) is 0 Å². The molecule has 0 radical (unpaired) electrons. The molecule has 6 aromatic carbocycles. The van der Waals surface area contributed by atoms with Crippen molar-refractivity contribution in [1.29, 1.82) is 0 Å². The highest BCUT2D eigenvalue weighted by molar-refractivity contribution is 5.88. The Morgan fingerprint density at radius 1 is 0.438 bits per heavy atom. The second kappa shape index (κ2) is 10.8. The first kappa shape index (κ1) is 28.1. The molecule has 234 valence electrons. The van der Waals surface area contributed by atoms with E-state index < -0.39 is 0 Å². The van der Waals surface area contributed by atoms with Gasteiger partial charge >= 0.3 is 0 Å². The van der Waals surface area contributed by atoms with Crippen molar-refractivity contribution < 1.29 is 4.39 Å². The number of hydrogen-bond acceptors (Lipinski definition) is 1. The lowest BCUT2D eigenvalue weighted by Gasteiger charge is -2.61. The number of rotatable bonds is 5. The van der Waals surface area contributed by atoms with E-state index >= 15 is 4.39 Å². The summed E-state index contributed by atoms with van der Waals surface area (Å²) in [4.78, 5) is 2.37. The second-order valence-electron chi connectivity index (χ2n) is 14.8. The van der Waals surface area contributed by atoms with Crippen molar-refractivity contribution in [2.75, 3.05) is 4.90 Å². The van der Waals surface area contributed by atoms with Crippen LogP contribution in [0.25, 0.3) is 33.4 Å². The molecule has 0 heterocycles. The summed E-state index contributed by atoms with van der Waals surface area (Å²) in [6, 6.07) is 51.7. The van der Waals surface area contributed by atoms with Gasteiger partial charge < -0.3 is 4.90 Å². The van der Waals surface area contributed by atoms with Crippen molar-refractivity contribution in [3.05, 3.63) is 163 Å². The normalized spacial score (nSPS) is 24.4. The van der Waals surface area contributed by atoms with Crippen molar-refractivity contribution in [2.24, 2.45) is 23.7 Å². The van der Waals surface area contributed by atoms with E-state index in [-0.39, 0.29) is 11.2 Å². The molecule has 2 heteroatoms. The van der Waals surface area contributed by atoms with Crippen LogP contribution in [0.3, 0.4) is 0 Å². The van der Waals surface area contributed by atoms with Gasteiger partial charge in [-0.25, -0.2) is 4.39 Å². The first-order valence-electron chi connectivity index (χ1n) is 17.7. The van der Waals surface area contributed by atoms with Crippen molar-refractivity contribution in [3.63, 3.8) is 0 Å². The molecule has 0 saturated heterocycles. The SMILES string of the molecule is Fc1ccc2c(c1)-c1cc(N(c3ccc(-c4ccccc4)cc3)c3ccc(-c4ccccc4)cc3)ccc1C21C2CC3CC(C2)CC1C3. The number of fused-ring (bicyclic) bond motifs is 3. The molecule has 4 bridgehead atoms. The lowest BCUT2D eigenvalue weighted by Crippen LogP contribution is -2.55. The molecule has 5 aliphatic rings. The second-order valence-corrected chi connectivity index (χ2v) is 14.8. The van der Waals surface area contributed by atoms with Crippen LogP contribution < -0.4 is 4.90 Å². The molecule has 6 aromatic rings. The zero-order chi connectivity index (χ0) is 31.8. The molecular formula is C46H38FN. The minimum Gasteiger partial charge on any atom is -0.310 e. The Labute approximate surface area is 282 Å². The summed E-state index contributed by atoms with van der Waals surface area (Å²) in [6.45, 7) is 0. The molecule has 4 saturated carbocycles. The van der Waals surface area contributed by atoms with E-state index in [0.29, 0.717) is 11.8 Å². The third-order valence-electron chi connectivity index (χ3n) is 12.3. The lowest BCUT2D eigenvalue weighted by molar-refractivity contribution is -0.0399. The van der Waals surface area contributed by atoms with Gasteiger partial charge in [0.1, 0.15) is 5.82 Å². The summed E-state index contributed by atoms with van der Waals surface area (Å²) in [6.07, 6.45) is 6.70. The molecule has 4 fully saturated rings. The standard InChI is InChI=1S/C46H38FN/c47-38-15-21-44-42(28-38)43-29-41(20-22-45(43)46(44)36-24-30-23-31(26-36)27-37(46)25-30)48(39-16-11-34(12-17-39)32-7-3-1-4-8-32)40-18-13-35(14-19-40)33-9-5-2-6-10-33/h1-22,28-31,36-37H,23-27H2. The predicted octanol–water partition coefficient (Wildman–Crippen LogP) is 12.4. The van der Waals surface area contributed by atoms with Crippen molar-refractivity contribution in [3.8, 4) is 33.4 Å². The van der Waals surface area contributed by atoms with Gasteiger partial charge in [-0.2, -0.15) is 0 Å². The summed E-state index contributed by atoms with van der Waals surface area (Å²) < 4.78 is 15.1. The summed E-state index contributed by atoms with van der Waals surface area (Å²) in [5, 5.41) is 0. The number of nitrogens with zero attached hydrogens (tertiary/aromatic N) is 1. The molecule has 0 atom stereocenters. The average molecular weight is 624 g/mol. The zero-order valence-corrected chi connectivity index (χ0v) is 27.0. The van der Waals surface area contributed by atoms with Crippen LogP contribution >= 0.6 is 0 Å². The molecule has 0 aromatic heterocycles. The van der Waals surface area contributed by atoms with E-state index in [0.717, 1.165) is 34.5 Å². The molecule has 1 nitrogen and oxygen atoms in total. The van der Waals surface area contributed by atoms with E-state index in [1.165, 1.54) is 71.0 Å². The molecule has 0 amide bonds. The number of benzene rings is 6. The Hall–Kier alpha value is -4.95. The Bertz CT molecular complexity index is 2020. The Morgan fingerprint density at radius 3 is 1.40 bits per heavy atom. The van der Waals surface area contributed by atoms with Crippen LogP contribution in [0.1, 0.15) is 43.2 Å². The van der Waals surface area contributed by atoms with Gasteiger partial charge in [-0.1, -0.05) is 97.1 Å². The largest absolute Gasteiger partial charge is 0.310 e. The molecular weight excluding hydrogens is 586 g/mol. The van der Waals surface area contributed by atoms with Gasteiger partial charge in [-0.3, -0.25) is 0 Å². The van der Waals surface area contributed by atoms with Gasteiger partial charge in [-0.15, -0.1) is 0 Å². The molecule has 48 heavy (non-hydrogen) atoms. The fourth-order valence-electron chi connectivity index (χ4n) is 10.6. The van der Waals surface area contributed by atoms with E-state index in [1.54, 1.807) is 6.07 Å². The maximum Gasteiger partial charge on any atom is 0.123 e. The number of halogens is 1. The summed E-state index contributed by atoms with van der Waals surface area (Å²) >= 11 is 0. The highest BCUT2D eigenvalue weighted by Gasteiger charge is 2.61. The summed E-state index contributed by atoms with van der Waals surface area (Å²) in [5.41, 5.74) is 13.3. The molecule has 0 N–H and O–H groups in total. The van der Waals surface area contributed by atoms with Crippen molar-refractivity contribution in [2.45, 2.75) is 37.5 Å². The minimum absolute atomic E-state index is 0.0177. The topological polar surface area (TPSA) is 3.24 Å². The molecule has 0 aliphatic heterocycles. The summed E-state index contributed by atoms with van der Waals surface area (Å²) in [7, 11) is 0. The molecule has 11 rings (SSSR count). The highest BCUT2D eigenvalue weighted by Crippen LogP contribution is 2.69. The first-order valence-corrected chi connectivity index (χ1v) is 17.7. The Morgan fingerprint density at radius 2 is 0.875 bits per heavy atom. The van der Waals surface area contributed by atoms with E-state index in [9.17, 15) is 0 Å². The first-order chi connectivity index (χ1) is 23.6. The van der Waals surface area contributed by atoms with Crippen LogP contribution in [0.4, 0.5) is 21.5 Å². The van der Waals surface area contributed by atoms with Gasteiger partial charge in [0.05, 0.1) is 0 Å². The van der Waals surface area contributed by atoms with E-state index in [1.807, 2.05) is 6.07 Å². The van der Waals surface area contributed by atoms with Gasteiger partial charge in [0.2, 0.25) is 0 Å². The zero-order valence-electron chi connectivity index (χ0n) is 27.0.